The minimum atomic E-state index is -4.39. The molecule has 0 spiro atoms. The Morgan fingerprint density at radius 2 is 2.11 bits per heavy atom. The largest absolute Gasteiger partial charge is 0.481 e. The molecule has 0 bridgehead atoms. The van der Waals surface area contributed by atoms with Gasteiger partial charge in [0.1, 0.15) is 0 Å². The lowest BCUT2D eigenvalue weighted by Crippen LogP contribution is -2.12. The van der Waals surface area contributed by atoms with Gasteiger partial charge in [0.05, 0.1) is 11.5 Å². The van der Waals surface area contributed by atoms with Crippen molar-refractivity contribution in [1.29, 1.82) is 0 Å². The van der Waals surface area contributed by atoms with Crippen molar-refractivity contribution in [3.63, 3.8) is 0 Å². The highest BCUT2D eigenvalue weighted by Gasteiger charge is 2.33. The van der Waals surface area contributed by atoms with Crippen LogP contribution in [0.4, 0.5) is 13.2 Å². The molecule has 1 heterocycles. The molecule has 102 valence electrons. The van der Waals surface area contributed by atoms with Gasteiger partial charge < -0.3 is 5.11 Å². The van der Waals surface area contributed by atoms with Crippen LogP contribution in [-0.4, -0.2) is 11.1 Å². The summed E-state index contributed by atoms with van der Waals surface area (Å²) in [6.45, 7) is 1.54. The summed E-state index contributed by atoms with van der Waals surface area (Å²) >= 11 is 1.01. The molecule has 0 radical (unpaired) electrons. The molecule has 2 rings (SSSR count). The van der Waals surface area contributed by atoms with Crippen LogP contribution in [0, 0.1) is 5.92 Å². The van der Waals surface area contributed by atoms with Gasteiger partial charge in [-0.2, -0.15) is 13.2 Å². The predicted octanol–water partition coefficient (Wildman–Crippen LogP) is 4.18. The van der Waals surface area contributed by atoms with E-state index in [4.69, 9.17) is 5.11 Å². The first kappa shape index (κ1) is 13.9. The molecule has 0 amide bonds. The van der Waals surface area contributed by atoms with Gasteiger partial charge in [0.15, 0.2) is 0 Å². The standard InChI is InChI=1S/C13H11F3O2S/c1-7(12(17)18)5-8-6-19-11-9(8)3-2-4-10(11)13(14,15)16/h2-4,6-7H,5H2,1H3,(H,17,18). The molecule has 0 aliphatic carbocycles. The number of carboxylic acids is 1. The second kappa shape index (κ2) is 4.85. The fourth-order valence-electron chi connectivity index (χ4n) is 1.91. The third-order valence-electron chi connectivity index (χ3n) is 2.93. The highest BCUT2D eigenvalue weighted by molar-refractivity contribution is 7.17. The molecule has 1 aromatic carbocycles. The van der Waals surface area contributed by atoms with Crippen molar-refractivity contribution in [2.75, 3.05) is 0 Å². The Balaban J connectivity index is 2.47. The highest BCUT2D eigenvalue weighted by Crippen LogP contribution is 2.39. The number of carboxylic acid groups (broad SMARTS) is 1. The molecule has 2 aromatic rings. The Labute approximate surface area is 111 Å². The second-order valence-corrected chi connectivity index (χ2v) is 5.26. The minimum absolute atomic E-state index is 0.169. The molecule has 6 heteroatoms. The van der Waals surface area contributed by atoms with Crippen LogP contribution in [0.3, 0.4) is 0 Å². The summed E-state index contributed by atoms with van der Waals surface area (Å²) in [5.74, 6) is -1.57. The summed E-state index contributed by atoms with van der Waals surface area (Å²) < 4.78 is 38.7. The molecule has 1 unspecified atom stereocenters. The van der Waals surface area contributed by atoms with E-state index in [0.717, 1.165) is 17.4 Å². The van der Waals surface area contributed by atoms with Crippen molar-refractivity contribution in [2.45, 2.75) is 19.5 Å². The van der Waals surface area contributed by atoms with E-state index in [1.165, 1.54) is 6.07 Å². The number of hydrogen-bond acceptors (Lipinski definition) is 2. The Morgan fingerprint density at radius 1 is 1.42 bits per heavy atom. The Kier molecular flexibility index (Phi) is 3.54. The number of rotatable bonds is 3. The summed E-state index contributed by atoms with van der Waals surface area (Å²) in [5.41, 5.74) is -0.00905. The molecule has 1 N–H and O–H groups in total. The van der Waals surface area contributed by atoms with Crippen LogP contribution < -0.4 is 0 Å². The summed E-state index contributed by atoms with van der Waals surface area (Å²) in [7, 11) is 0. The van der Waals surface area contributed by atoms with Crippen molar-refractivity contribution in [1.82, 2.24) is 0 Å². The van der Waals surface area contributed by atoms with Gasteiger partial charge in [0.2, 0.25) is 0 Å². The van der Waals surface area contributed by atoms with Gasteiger partial charge in [0.25, 0.3) is 0 Å². The number of alkyl halides is 3. The van der Waals surface area contributed by atoms with Crippen molar-refractivity contribution >= 4 is 27.4 Å². The molecule has 0 saturated carbocycles. The molecule has 19 heavy (non-hydrogen) atoms. The van der Waals surface area contributed by atoms with Gasteiger partial charge in [-0.05, 0) is 28.8 Å². The number of hydrogen-bond donors (Lipinski definition) is 1. The number of benzene rings is 1. The quantitative estimate of drug-likeness (QED) is 0.919. The normalized spacial score (nSPS) is 13.7. The highest BCUT2D eigenvalue weighted by atomic mass is 32.1. The predicted molar refractivity (Wildman–Crippen MR) is 67.3 cm³/mol. The molecule has 2 nitrogen and oxygen atoms in total. The summed E-state index contributed by atoms with van der Waals surface area (Å²) in [5, 5.41) is 11.0. The van der Waals surface area contributed by atoms with Crippen LogP contribution >= 0.6 is 11.3 Å². The maximum Gasteiger partial charge on any atom is 0.417 e. The minimum Gasteiger partial charge on any atom is -0.481 e. The van der Waals surface area contributed by atoms with Crippen LogP contribution in [0.15, 0.2) is 23.6 Å². The Morgan fingerprint density at radius 3 is 2.68 bits per heavy atom. The molecular weight excluding hydrogens is 277 g/mol. The van der Waals surface area contributed by atoms with E-state index in [1.54, 1.807) is 18.4 Å². The van der Waals surface area contributed by atoms with Crippen molar-refractivity contribution in [2.24, 2.45) is 5.92 Å². The van der Waals surface area contributed by atoms with Gasteiger partial charge in [-0.3, -0.25) is 4.79 Å². The fourth-order valence-corrected chi connectivity index (χ4v) is 3.03. The molecule has 0 aliphatic heterocycles. The van der Waals surface area contributed by atoms with Crippen LogP contribution in [0.5, 0.6) is 0 Å². The third kappa shape index (κ3) is 2.73. The molecular formula is C13H11F3O2S. The van der Waals surface area contributed by atoms with Gasteiger partial charge in [-0.25, -0.2) is 0 Å². The van der Waals surface area contributed by atoms with Crippen molar-refractivity contribution < 1.29 is 23.1 Å². The zero-order valence-corrected chi connectivity index (χ0v) is 10.8. The monoisotopic (exact) mass is 288 g/mol. The van der Waals surface area contributed by atoms with E-state index in [0.29, 0.717) is 10.9 Å². The van der Waals surface area contributed by atoms with Crippen LogP contribution in [-0.2, 0) is 17.4 Å². The van der Waals surface area contributed by atoms with Crippen LogP contribution in [0.1, 0.15) is 18.1 Å². The number of thiophene rings is 1. The van der Waals surface area contributed by atoms with E-state index in [-0.39, 0.29) is 11.1 Å². The zero-order valence-electron chi connectivity index (χ0n) is 9.99. The molecule has 0 saturated heterocycles. The van der Waals surface area contributed by atoms with E-state index < -0.39 is 23.6 Å². The number of aliphatic carboxylic acids is 1. The topological polar surface area (TPSA) is 37.3 Å². The number of halogens is 3. The van der Waals surface area contributed by atoms with E-state index in [9.17, 15) is 18.0 Å². The van der Waals surface area contributed by atoms with Crippen molar-refractivity contribution in [3.8, 4) is 0 Å². The summed E-state index contributed by atoms with van der Waals surface area (Å²) in [6, 6.07) is 4.00. The van der Waals surface area contributed by atoms with E-state index in [1.807, 2.05) is 0 Å². The lowest BCUT2D eigenvalue weighted by atomic mass is 10.00. The second-order valence-electron chi connectivity index (χ2n) is 4.38. The molecule has 0 fully saturated rings. The lowest BCUT2D eigenvalue weighted by molar-refractivity contribution is -0.141. The number of fused-ring (bicyclic) bond motifs is 1. The van der Waals surface area contributed by atoms with E-state index in [2.05, 4.69) is 0 Å². The van der Waals surface area contributed by atoms with Gasteiger partial charge in [-0.15, -0.1) is 11.3 Å². The van der Waals surface area contributed by atoms with Crippen molar-refractivity contribution in [3.05, 3.63) is 34.7 Å². The Bertz CT molecular complexity index is 616. The third-order valence-corrected chi connectivity index (χ3v) is 4.01. The van der Waals surface area contributed by atoms with Gasteiger partial charge >= 0.3 is 12.1 Å². The van der Waals surface area contributed by atoms with Crippen LogP contribution in [0.2, 0.25) is 0 Å². The molecule has 1 aromatic heterocycles. The lowest BCUT2D eigenvalue weighted by Gasteiger charge is -2.08. The van der Waals surface area contributed by atoms with Gasteiger partial charge in [0, 0.05) is 4.70 Å². The Hall–Kier alpha value is -1.56. The SMILES string of the molecule is CC(Cc1csc2c(C(F)(F)F)cccc12)C(=O)O. The average molecular weight is 288 g/mol. The first-order valence-electron chi connectivity index (χ1n) is 5.60. The zero-order chi connectivity index (χ0) is 14.2. The summed E-state index contributed by atoms with van der Waals surface area (Å²) in [6.07, 6.45) is -4.16. The fraction of sp³-hybridized carbons (Fsp3) is 0.308. The first-order chi connectivity index (χ1) is 8.80. The van der Waals surface area contributed by atoms with Gasteiger partial charge in [-0.1, -0.05) is 19.1 Å². The average Bonchev–Trinajstić information content (AvgIpc) is 2.71. The maximum atomic E-state index is 12.8. The maximum absolute atomic E-state index is 12.8. The smallest absolute Gasteiger partial charge is 0.417 e. The summed E-state index contributed by atoms with van der Waals surface area (Å²) in [4.78, 5) is 10.8. The van der Waals surface area contributed by atoms with Crippen LogP contribution in [0.25, 0.3) is 10.1 Å². The van der Waals surface area contributed by atoms with E-state index >= 15 is 0 Å². The first-order valence-corrected chi connectivity index (χ1v) is 6.47. The number of carbonyl (C=O) groups is 1. The molecule has 1 atom stereocenters. The molecule has 0 aliphatic rings.